The van der Waals surface area contributed by atoms with Crippen molar-refractivity contribution in [3.8, 4) is 11.1 Å². The quantitative estimate of drug-likeness (QED) is 0.532. The van der Waals surface area contributed by atoms with Crippen LogP contribution in [-0.2, 0) is 6.42 Å². The van der Waals surface area contributed by atoms with Gasteiger partial charge >= 0.3 is 0 Å². The molecule has 0 fully saturated rings. The SMILES string of the molecule is Cc1ccc(CC(=O)c2cc(-c3cnccc3C)cn3cnnc23)nc1. The van der Waals surface area contributed by atoms with Crippen LogP contribution >= 0.6 is 0 Å². The van der Waals surface area contributed by atoms with Crippen LogP contribution < -0.4 is 0 Å². The molecule has 128 valence electrons. The Morgan fingerprint density at radius 2 is 2.04 bits per heavy atom. The van der Waals surface area contributed by atoms with Crippen LogP contribution in [0.4, 0.5) is 0 Å². The molecule has 0 bridgehead atoms. The fourth-order valence-electron chi connectivity index (χ4n) is 2.92. The van der Waals surface area contributed by atoms with Gasteiger partial charge in [-0.15, -0.1) is 10.2 Å². The Bertz CT molecular complexity index is 1100. The van der Waals surface area contributed by atoms with E-state index >= 15 is 0 Å². The molecule has 0 aliphatic carbocycles. The molecule has 0 spiro atoms. The first-order valence-corrected chi connectivity index (χ1v) is 8.31. The molecule has 0 unspecified atom stereocenters. The first-order valence-electron chi connectivity index (χ1n) is 8.31. The van der Waals surface area contributed by atoms with E-state index < -0.39 is 0 Å². The van der Waals surface area contributed by atoms with Crippen molar-refractivity contribution in [2.45, 2.75) is 20.3 Å². The fraction of sp³-hybridized carbons (Fsp3) is 0.150. The normalized spacial score (nSPS) is 11.0. The Kier molecular flexibility index (Phi) is 4.01. The Balaban J connectivity index is 1.78. The number of carbonyl (C=O) groups is 1. The van der Waals surface area contributed by atoms with Gasteiger partial charge in [-0.25, -0.2) is 0 Å². The summed E-state index contributed by atoms with van der Waals surface area (Å²) >= 11 is 0. The number of nitrogens with zero attached hydrogens (tertiary/aromatic N) is 5. The zero-order valence-corrected chi connectivity index (χ0v) is 14.5. The summed E-state index contributed by atoms with van der Waals surface area (Å²) in [6.07, 6.45) is 9.07. The van der Waals surface area contributed by atoms with Gasteiger partial charge in [-0.1, -0.05) is 6.07 Å². The molecule has 0 saturated carbocycles. The van der Waals surface area contributed by atoms with E-state index in [4.69, 9.17) is 0 Å². The average Bonchev–Trinajstić information content (AvgIpc) is 3.11. The molecule has 0 amide bonds. The van der Waals surface area contributed by atoms with E-state index in [1.54, 1.807) is 29.3 Å². The molecule has 6 nitrogen and oxygen atoms in total. The van der Waals surface area contributed by atoms with Crippen molar-refractivity contribution in [3.63, 3.8) is 0 Å². The van der Waals surface area contributed by atoms with Gasteiger partial charge in [-0.2, -0.15) is 0 Å². The van der Waals surface area contributed by atoms with E-state index in [9.17, 15) is 4.79 Å². The highest BCUT2D eigenvalue weighted by Crippen LogP contribution is 2.25. The van der Waals surface area contributed by atoms with Gasteiger partial charge in [0.1, 0.15) is 6.33 Å². The predicted octanol–water partition coefficient (Wildman–Crippen LogP) is 3.23. The van der Waals surface area contributed by atoms with Crippen LogP contribution in [0, 0.1) is 13.8 Å². The maximum absolute atomic E-state index is 12.9. The fourth-order valence-corrected chi connectivity index (χ4v) is 2.92. The van der Waals surface area contributed by atoms with Gasteiger partial charge < -0.3 is 0 Å². The zero-order valence-electron chi connectivity index (χ0n) is 14.5. The molecule has 0 atom stereocenters. The number of hydrogen-bond acceptors (Lipinski definition) is 5. The summed E-state index contributed by atoms with van der Waals surface area (Å²) in [5.41, 5.74) is 5.86. The second-order valence-electron chi connectivity index (χ2n) is 6.32. The molecule has 4 rings (SSSR count). The van der Waals surface area contributed by atoms with Crippen LogP contribution in [0.25, 0.3) is 16.8 Å². The maximum Gasteiger partial charge on any atom is 0.172 e. The Morgan fingerprint density at radius 1 is 1.15 bits per heavy atom. The van der Waals surface area contributed by atoms with Crippen molar-refractivity contribution in [2.24, 2.45) is 0 Å². The minimum atomic E-state index is -0.0391. The number of ketones is 1. The Hall–Kier alpha value is -3.41. The lowest BCUT2D eigenvalue weighted by Crippen LogP contribution is -2.08. The topological polar surface area (TPSA) is 73.0 Å². The van der Waals surface area contributed by atoms with Gasteiger partial charge in [0.15, 0.2) is 11.4 Å². The number of fused-ring (bicyclic) bond motifs is 1. The summed E-state index contributed by atoms with van der Waals surface area (Å²) in [7, 11) is 0. The van der Waals surface area contributed by atoms with Crippen molar-refractivity contribution < 1.29 is 4.79 Å². The van der Waals surface area contributed by atoms with E-state index in [0.29, 0.717) is 11.2 Å². The molecule has 0 aromatic carbocycles. The molecule has 26 heavy (non-hydrogen) atoms. The van der Waals surface area contributed by atoms with E-state index in [2.05, 4.69) is 20.2 Å². The highest BCUT2D eigenvalue weighted by atomic mass is 16.1. The minimum Gasteiger partial charge on any atom is -0.294 e. The lowest BCUT2D eigenvalue weighted by Gasteiger charge is -2.09. The van der Waals surface area contributed by atoms with Gasteiger partial charge in [0.2, 0.25) is 0 Å². The van der Waals surface area contributed by atoms with Gasteiger partial charge in [0.05, 0.1) is 12.0 Å². The predicted molar refractivity (Wildman–Crippen MR) is 98.0 cm³/mol. The first kappa shape index (κ1) is 16.1. The van der Waals surface area contributed by atoms with Crippen molar-refractivity contribution >= 4 is 11.4 Å². The summed E-state index contributed by atoms with van der Waals surface area (Å²) in [5.74, 6) is -0.0391. The van der Waals surface area contributed by atoms with Gasteiger partial charge in [-0.3, -0.25) is 19.2 Å². The number of hydrogen-bond donors (Lipinski definition) is 0. The molecule has 4 aromatic heterocycles. The summed E-state index contributed by atoms with van der Waals surface area (Å²) < 4.78 is 1.78. The molecule has 0 aliphatic heterocycles. The lowest BCUT2D eigenvalue weighted by molar-refractivity contribution is 0.0993. The van der Waals surface area contributed by atoms with Crippen molar-refractivity contribution in [2.75, 3.05) is 0 Å². The van der Waals surface area contributed by atoms with E-state index in [-0.39, 0.29) is 12.2 Å². The summed E-state index contributed by atoms with van der Waals surface area (Å²) in [6, 6.07) is 7.65. The van der Waals surface area contributed by atoms with Crippen LogP contribution in [0.3, 0.4) is 0 Å². The summed E-state index contributed by atoms with van der Waals surface area (Å²) in [6.45, 7) is 3.99. The molecule has 0 aliphatic rings. The third kappa shape index (κ3) is 2.97. The van der Waals surface area contributed by atoms with E-state index in [1.165, 1.54) is 0 Å². The average molecular weight is 343 g/mol. The van der Waals surface area contributed by atoms with Gasteiger partial charge in [-0.05, 0) is 43.2 Å². The summed E-state index contributed by atoms with van der Waals surface area (Å²) in [4.78, 5) is 21.5. The molecule has 0 radical (unpaired) electrons. The molecular weight excluding hydrogens is 326 g/mol. The summed E-state index contributed by atoms with van der Waals surface area (Å²) in [5, 5.41) is 8.06. The largest absolute Gasteiger partial charge is 0.294 e. The minimum absolute atomic E-state index is 0.0391. The zero-order chi connectivity index (χ0) is 18.1. The number of rotatable bonds is 4. The van der Waals surface area contributed by atoms with Gasteiger partial charge in [0, 0.05) is 41.6 Å². The Labute approximate surface area is 150 Å². The molecule has 0 N–H and O–H groups in total. The number of aromatic nitrogens is 5. The first-order chi connectivity index (χ1) is 12.6. The molecular formula is C20H17N5O. The van der Waals surface area contributed by atoms with Crippen molar-refractivity contribution in [3.05, 3.63) is 77.8 Å². The highest BCUT2D eigenvalue weighted by molar-refractivity contribution is 6.03. The van der Waals surface area contributed by atoms with Crippen LogP contribution in [0.2, 0.25) is 0 Å². The molecule has 6 heteroatoms. The second-order valence-corrected chi connectivity index (χ2v) is 6.32. The van der Waals surface area contributed by atoms with Crippen LogP contribution in [0.1, 0.15) is 27.2 Å². The van der Waals surface area contributed by atoms with Crippen LogP contribution in [0.15, 0.2) is 55.4 Å². The van der Waals surface area contributed by atoms with E-state index in [0.717, 1.165) is 27.9 Å². The standard InChI is InChI=1S/C20H17N5O/c1-13-3-4-16(22-9-13)8-19(26)17-7-15(11-25-12-23-24-20(17)25)18-10-21-6-5-14(18)2/h3-7,9-12H,8H2,1-2H3. The third-order valence-corrected chi connectivity index (χ3v) is 4.36. The maximum atomic E-state index is 12.9. The lowest BCUT2D eigenvalue weighted by atomic mass is 10.00. The smallest absolute Gasteiger partial charge is 0.172 e. The molecule has 0 saturated heterocycles. The van der Waals surface area contributed by atoms with Crippen LogP contribution in [-0.4, -0.2) is 30.3 Å². The van der Waals surface area contributed by atoms with Crippen LogP contribution in [0.5, 0.6) is 0 Å². The number of Topliss-reactive ketones (excluding diaryl/α,β-unsaturated/α-hetero) is 1. The third-order valence-electron chi connectivity index (χ3n) is 4.36. The van der Waals surface area contributed by atoms with Gasteiger partial charge in [0.25, 0.3) is 0 Å². The molecule has 4 heterocycles. The highest BCUT2D eigenvalue weighted by Gasteiger charge is 2.16. The number of pyridine rings is 3. The molecule has 4 aromatic rings. The van der Waals surface area contributed by atoms with Crippen molar-refractivity contribution in [1.29, 1.82) is 0 Å². The van der Waals surface area contributed by atoms with Crippen molar-refractivity contribution in [1.82, 2.24) is 24.6 Å². The van der Waals surface area contributed by atoms with E-state index in [1.807, 2.05) is 44.3 Å². The number of aryl methyl sites for hydroxylation is 2. The monoisotopic (exact) mass is 343 g/mol. The number of carbonyl (C=O) groups excluding carboxylic acids is 1. The Morgan fingerprint density at radius 3 is 2.81 bits per heavy atom. The second kappa shape index (κ2) is 6.48.